The number of aliphatic hydroxyl groups is 1. The molecule has 1 saturated carbocycles. The van der Waals surface area contributed by atoms with Crippen molar-refractivity contribution in [2.24, 2.45) is 0 Å². The van der Waals surface area contributed by atoms with E-state index in [1.165, 1.54) is 6.42 Å². The Balaban J connectivity index is 2.12. The Morgan fingerprint density at radius 3 is 2.82 bits per heavy atom. The molecule has 0 saturated heterocycles. The smallest absolute Gasteiger partial charge is 0.107 e. The Bertz CT molecular complexity index is 532. The average Bonchev–Trinajstić information content (AvgIpc) is 2.66. The second kappa shape index (κ2) is 4.15. The van der Waals surface area contributed by atoms with Gasteiger partial charge in [0.15, 0.2) is 0 Å². The number of aryl methyl sites for hydroxylation is 1. The minimum Gasteiger partial charge on any atom is -0.391 e. The third kappa shape index (κ3) is 1.75. The summed E-state index contributed by atoms with van der Waals surface area (Å²) in [7, 11) is 0. The van der Waals surface area contributed by atoms with Gasteiger partial charge in [0, 0.05) is 0 Å². The summed E-state index contributed by atoms with van der Waals surface area (Å²) >= 11 is 0. The van der Waals surface area contributed by atoms with Crippen LogP contribution in [0, 0.1) is 6.92 Å². The van der Waals surface area contributed by atoms with Crippen LogP contribution >= 0.6 is 0 Å². The molecule has 90 valence electrons. The van der Waals surface area contributed by atoms with Crippen LogP contribution in [0.25, 0.3) is 11.0 Å². The predicted molar refractivity (Wildman–Crippen MR) is 68.0 cm³/mol. The summed E-state index contributed by atoms with van der Waals surface area (Å²) in [5, 5.41) is 10.2. The second-order valence-corrected chi connectivity index (χ2v) is 4.94. The zero-order chi connectivity index (χ0) is 11.8. The van der Waals surface area contributed by atoms with E-state index in [9.17, 15) is 5.11 Å². The van der Waals surface area contributed by atoms with E-state index in [0.29, 0.717) is 0 Å². The summed E-state index contributed by atoms with van der Waals surface area (Å²) in [6, 6.07) is 8.38. The van der Waals surface area contributed by atoms with Crippen LogP contribution in [0.2, 0.25) is 0 Å². The number of aromatic nitrogens is 2. The molecule has 2 atom stereocenters. The van der Waals surface area contributed by atoms with Crippen LogP contribution in [0.15, 0.2) is 24.3 Å². The number of benzene rings is 1. The van der Waals surface area contributed by atoms with Crippen molar-refractivity contribution in [2.45, 2.75) is 44.8 Å². The molecule has 3 rings (SSSR count). The molecule has 0 aliphatic heterocycles. The number of aliphatic hydroxyl groups excluding tert-OH is 1. The molecule has 1 aromatic heterocycles. The largest absolute Gasteiger partial charge is 0.391 e. The van der Waals surface area contributed by atoms with Crippen LogP contribution < -0.4 is 0 Å². The van der Waals surface area contributed by atoms with Gasteiger partial charge in [0.25, 0.3) is 0 Å². The number of nitrogens with zero attached hydrogens (tertiary/aromatic N) is 2. The highest BCUT2D eigenvalue weighted by atomic mass is 16.3. The van der Waals surface area contributed by atoms with Crippen molar-refractivity contribution in [1.82, 2.24) is 9.55 Å². The van der Waals surface area contributed by atoms with Gasteiger partial charge in [0.05, 0.1) is 23.2 Å². The van der Waals surface area contributed by atoms with E-state index in [1.54, 1.807) is 0 Å². The molecule has 0 amide bonds. The number of rotatable bonds is 1. The summed E-state index contributed by atoms with van der Waals surface area (Å²) in [5.41, 5.74) is 2.18. The van der Waals surface area contributed by atoms with Crippen LogP contribution in [0.1, 0.15) is 37.5 Å². The molecule has 1 heterocycles. The number of hydrogen-bond donors (Lipinski definition) is 1. The topological polar surface area (TPSA) is 38.0 Å². The third-order valence-electron chi connectivity index (χ3n) is 3.80. The Kier molecular flexibility index (Phi) is 2.63. The minimum absolute atomic E-state index is 0.205. The second-order valence-electron chi connectivity index (χ2n) is 4.94. The lowest BCUT2D eigenvalue weighted by Gasteiger charge is -2.30. The number of para-hydroxylation sites is 2. The standard InChI is InChI=1S/C14H18N2O/c1-10-15-11-6-2-3-7-12(11)16(10)13-8-4-5-9-14(13)17/h2-3,6-7,13-14,17H,4-5,8-9H2,1H3/t13-,14-/m0/s1. The molecule has 1 aliphatic rings. The fourth-order valence-electron chi connectivity index (χ4n) is 2.98. The lowest BCUT2D eigenvalue weighted by molar-refractivity contribution is 0.0763. The van der Waals surface area contributed by atoms with Gasteiger partial charge in [-0.3, -0.25) is 0 Å². The highest BCUT2D eigenvalue weighted by molar-refractivity contribution is 5.76. The lowest BCUT2D eigenvalue weighted by atomic mass is 9.92. The summed E-state index contributed by atoms with van der Waals surface area (Å²) in [6.45, 7) is 2.03. The maximum Gasteiger partial charge on any atom is 0.107 e. The Morgan fingerprint density at radius 1 is 1.24 bits per heavy atom. The zero-order valence-electron chi connectivity index (χ0n) is 10.1. The Labute approximate surface area is 101 Å². The van der Waals surface area contributed by atoms with Crippen LogP contribution in [0.3, 0.4) is 0 Å². The summed E-state index contributed by atoms with van der Waals surface area (Å²) in [4.78, 5) is 4.57. The fourth-order valence-corrected chi connectivity index (χ4v) is 2.98. The van der Waals surface area contributed by atoms with E-state index in [4.69, 9.17) is 0 Å². The molecule has 0 radical (unpaired) electrons. The lowest BCUT2D eigenvalue weighted by Crippen LogP contribution is -2.28. The Morgan fingerprint density at radius 2 is 2.00 bits per heavy atom. The normalized spacial score (nSPS) is 25.3. The van der Waals surface area contributed by atoms with Crippen molar-refractivity contribution in [3.05, 3.63) is 30.1 Å². The molecule has 1 aromatic carbocycles. The van der Waals surface area contributed by atoms with Gasteiger partial charge in [-0.2, -0.15) is 0 Å². The molecule has 1 fully saturated rings. The van der Waals surface area contributed by atoms with Crippen LogP contribution in [-0.4, -0.2) is 20.8 Å². The van der Waals surface area contributed by atoms with E-state index < -0.39 is 0 Å². The predicted octanol–water partition coefficient (Wildman–Crippen LogP) is 2.82. The highest BCUT2D eigenvalue weighted by Gasteiger charge is 2.26. The van der Waals surface area contributed by atoms with E-state index >= 15 is 0 Å². The van der Waals surface area contributed by atoms with Crippen molar-refractivity contribution >= 4 is 11.0 Å². The monoisotopic (exact) mass is 230 g/mol. The molecule has 1 N–H and O–H groups in total. The van der Waals surface area contributed by atoms with Crippen molar-refractivity contribution in [3.8, 4) is 0 Å². The molecule has 3 heteroatoms. The molecule has 0 spiro atoms. The van der Waals surface area contributed by atoms with Gasteiger partial charge in [-0.25, -0.2) is 4.98 Å². The van der Waals surface area contributed by atoms with Crippen LogP contribution in [0.5, 0.6) is 0 Å². The molecular formula is C14H18N2O. The molecule has 0 unspecified atom stereocenters. The minimum atomic E-state index is -0.222. The van der Waals surface area contributed by atoms with E-state index in [-0.39, 0.29) is 12.1 Å². The number of imidazole rings is 1. The van der Waals surface area contributed by atoms with Gasteiger partial charge in [-0.15, -0.1) is 0 Å². The number of hydrogen-bond acceptors (Lipinski definition) is 2. The summed E-state index contributed by atoms with van der Waals surface area (Å²) in [5.74, 6) is 1.01. The molecule has 2 aromatic rings. The number of fused-ring (bicyclic) bond motifs is 1. The van der Waals surface area contributed by atoms with Crippen molar-refractivity contribution in [3.63, 3.8) is 0 Å². The first-order valence-corrected chi connectivity index (χ1v) is 6.39. The van der Waals surface area contributed by atoms with E-state index in [0.717, 1.165) is 36.1 Å². The first kappa shape index (κ1) is 10.8. The van der Waals surface area contributed by atoms with Gasteiger partial charge in [-0.1, -0.05) is 25.0 Å². The van der Waals surface area contributed by atoms with Gasteiger partial charge in [-0.05, 0) is 31.9 Å². The molecule has 3 nitrogen and oxygen atoms in total. The average molecular weight is 230 g/mol. The van der Waals surface area contributed by atoms with Crippen LogP contribution in [0.4, 0.5) is 0 Å². The molecule has 17 heavy (non-hydrogen) atoms. The first-order valence-electron chi connectivity index (χ1n) is 6.39. The Hall–Kier alpha value is -1.35. The summed E-state index contributed by atoms with van der Waals surface area (Å²) < 4.78 is 2.22. The molecule has 0 bridgehead atoms. The van der Waals surface area contributed by atoms with Gasteiger partial charge in [0.1, 0.15) is 5.82 Å². The van der Waals surface area contributed by atoms with Gasteiger partial charge < -0.3 is 9.67 Å². The maximum absolute atomic E-state index is 10.2. The zero-order valence-corrected chi connectivity index (χ0v) is 10.1. The van der Waals surface area contributed by atoms with Gasteiger partial charge in [0.2, 0.25) is 0 Å². The SMILES string of the molecule is Cc1nc2ccccc2n1[C@H]1CCCC[C@@H]1O. The quantitative estimate of drug-likeness (QED) is 0.818. The van der Waals surface area contributed by atoms with Crippen molar-refractivity contribution in [2.75, 3.05) is 0 Å². The first-order chi connectivity index (χ1) is 8.27. The van der Waals surface area contributed by atoms with Gasteiger partial charge >= 0.3 is 0 Å². The van der Waals surface area contributed by atoms with Crippen molar-refractivity contribution < 1.29 is 5.11 Å². The molecular weight excluding hydrogens is 212 g/mol. The highest BCUT2D eigenvalue weighted by Crippen LogP contribution is 2.32. The van der Waals surface area contributed by atoms with E-state index in [1.807, 2.05) is 25.1 Å². The summed E-state index contributed by atoms with van der Waals surface area (Å²) in [6.07, 6.45) is 4.09. The molecule has 1 aliphatic carbocycles. The van der Waals surface area contributed by atoms with Crippen molar-refractivity contribution in [1.29, 1.82) is 0 Å². The maximum atomic E-state index is 10.2. The van der Waals surface area contributed by atoms with E-state index in [2.05, 4.69) is 15.6 Å². The fraction of sp³-hybridized carbons (Fsp3) is 0.500. The third-order valence-corrected chi connectivity index (χ3v) is 3.80. The van der Waals surface area contributed by atoms with Crippen LogP contribution in [-0.2, 0) is 0 Å².